The van der Waals surface area contributed by atoms with Crippen molar-refractivity contribution in [3.8, 4) is 0 Å². The van der Waals surface area contributed by atoms with Gasteiger partial charge in [-0.05, 0) is 11.3 Å². The van der Waals surface area contributed by atoms with E-state index in [4.69, 9.17) is 0 Å². The smallest absolute Gasteiger partial charge is 0.0719 e. The van der Waals surface area contributed by atoms with Crippen molar-refractivity contribution >= 4 is 23.5 Å². The molecule has 0 aromatic heterocycles. The van der Waals surface area contributed by atoms with Crippen LogP contribution in [0.4, 0.5) is 11.4 Å². The summed E-state index contributed by atoms with van der Waals surface area (Å²) in [6.07, 6.45) is 8.54. The number of anilines is 2. The second-order valence-electron chi connectivity index (χ2n) is 3.67. The van der Waals surface area contributed by atoms with Crippen LogP contribution in [0.1, 0.15) is 0 Å². The van der Waals surface area contributed by atoms with E-state index in [1.165, 1.54) is 21.8 Å². The number of allylic oxidation sites excluding steroid dienone is 1. The molecule has 2 heteroatoms. The fraction of sp³-hybridized carbons (Fsp3) is 0.167. The Labute approximate surface area is 82.9 Å². The molecule has 14 heavy (non-hydrogen) atoms. The summed E-state index contributed by atoms with van der Waals surface area (Å²) in [7, 11) is 2.09. The summed E-state index contributed by atoms with van der Waals surface area (Å²) in [5, 5.41) is 6.01. The summed E-state index contributed by atoms with van der Waals surface area (Å²) in [4.78, 5) is 2.17. The molecule has 1 aromatic rings. The van der Waals surface area contributed by atoms with Gasteiger partial charge in [-0.1, -0.05) is 24.3 Å². The Balaban J connectivity index is 2.41. The lowest BCUT2D eigenvalue weighted by molar-refractivity contribution is 1.18. The molecule has 70 valence electrons. The zero-order valence-corrected chi connectivity index (χ0v) is 8.12. The van der Waals surface area contributed by atoms with Gasteiger partial charge in [-0.2, -0.15) is 0 Å². The predicted molar refractivity (Wildman–Crippen MR) is 60.7 cm³/mol. The lowest BCUT2D eigenvalue weighted by Gasteiger charge is -2.20. The first-order chi connectivity index (χ1) is 6.86. The standard InChI is InChI=1S/C12H12N2/c1-14-8-2-3-10-5-4-9-6-7-13-11(9)12(10)14/h2-6,8,13H,7H2,1H3. The topological polar surface area (TPSA) is 15.3 Å². The Hall–Kier alpha value is -1.70. The van der Waals surface area contributed by atoms with Crippen LogP contribution in [0.25, 0.3) is 12.2 Å². The largest absolute Gasteiger partial charge is 0.379 e. The molecular weight excluding hydrogens is 172 g/mol. The van der Waals surface area contributed by atoms with Gasteiger partial charge in [-0.3, -0.25) is 0 Å². The monoisotopic (exact) mass is 184 g/mol. The van der Waals surface area contributed by atoms with Crippen molar-refractivity contribution in [3.63, 3.8) is 0 Å². The molecule has 0 amide bonds. The van der Waals surface area contributed by atoms with Crippen LogP contribution in [0.5, 0.6) is 0 Å². The minimum atomic E-state index is 0.948. The fourth-order valence-electron chi connectivity index (χ4n) is 2.11. The summed E-state index contributed by atoms with van der Waals surface area (Å²) in [5.74, 6) is 0. The van der Waals surface area contributed by atoms with Crippen molar-refractivity contribution in [1.82, 2.24) is 0 Å². The molecule has 0 aliphatic carbocycles. The van der Waals surface area contributed by atoms with Gasteiger partial charge in [0.1, 0.15) is 0 Å². The van der Waals surface area contributed by atoms with Crippen LogP contribution in [0.15, 0.2) is 24.4 Å². The Morgan fingerprint density at radius 3 is 3.07 bits per heavy atom. The molecule has 0 unspecified atom stereocenters. The molecule has 2 nitrogen and oxygen atoms in total. The highest BCUT2D eigenvalue weighted by molar-refractivity contribution is 5.79. The number of hydrogen-bond donors (Lipinski definition) is 1. The third-order valence-electron chi connectivity index (χ3n) is 2.78. The van der Waals surface area contributed by atoms with Crippen molar-refractivity contribution in [2.45, 2.75) is 0 Å². The maximum absolute atomic E-state index is 3.41. The number of fused-ring (bicyclic) bond motifs is 3. The second-order valence-corrected chi connectivity index (χ2v) is 3.67. The zero-order valence-electron chi connectivity index (χ0n) is 8.12. The van der Waals surface area contributed by atoms with Crippen LogP contribution in [0.2, 0.25) is 0 Å². The van der Waals surface area contributed by atoms with Crippen molar-refractivity contribution in [2.24, 2.45) is 0 Å². The molecule has 1 aromatic carbocycles. The minimum absolute atomic E-state index is 0.948. The van der Waals surface area contributed by atoms with Crippen LogP contribution < -0.4 is 20.7 Å². The van der Waals surface area contributed by atoms with Crippen LogP contribution in [-0.2, 0) is 0 Å². The summed E-state index contributed by atoms with van der Waals surface area (Å²) >= 11 is 0. The van der Waals surface area contributed by atoms with E-state index >= 15 is 0 Å². The molecule has 1 N–H and O–H groups in total. The molecule has 0 fully saturated rings. The summed E-state index contributed by atoms with van der Waals surface area (Å²) in [5.41, 5.74) is 2.56. The first-order valence-electron chi connectivity index (χ1n) is 4.85. The van der Waals surface area contributed by atoms with Crippen molar-refractivity contribution in [1.29, 1.82) is 0 Å². The summed E-state index contributed by atoms with van der Waals surface area (Å²) in [6.45, 7) is 0.948. The second kappa shape index (κ2) is 2.64. The van der Waals surface area contributed by atoms with Gasteiger partial charge < -0.3 is 10.2 Å². The van der Waals surface area contributed by atoms with E-state index in [0.29, 0.717) is 0 Å². The molecule has 0 saturated heterocycles. The van der Waals surface area contributed by atoms with E-state index in [9.17, 15) is 0 Å². The first kappa shape index (κ1) is 7.68. The van der Waals surface area contributed by atoms with E-state index in [1.807, 2.05) is 0 Å². The number of benzene rings is 1. The maximum atomic E-state index is 3.41. The summed E-state index contributed by atoms with van der Waals surface area (Å²) in [6, 6.07) is 4.36. The molecule has 0 atom stereocenters. The fourth-order valence-corrected chi connectivity index (χ4v) is 2.11. The highest BCUT2D eigenvalue weighted by Crippen LogP contribution is 2.20. The number of hydrogen-bond acceptors (Lipinski definition) is 2. The molecule has 0 spiro atoms. The van der Waals surface area contributed by atoms with Crippen LogP contribution >= 0.6 is 0 Å². The highest BCUT2D eigenvalue weighted by Gasteiger charge is 2.12. The third kappa shape index (κ3) is 0.909. The summed E-state index contributed by atoms with van der Waals surface area (Å²) < 4.78 is 0. The normalized spacial score (nSPS) is 16.5. The van der Waals surface area contributed by atoms with E-state index < -0.39 is 0 Å². The SMILES string of the molecule is CN1C=CC=c2ccc3c(c21)NCC=3. The average molecular weight is 184 g/mol. The number of nitrogens with one attached hydrogen (secondary N) is 1. The predicted octanol–water partition coefficient (Wildman–Crippen LogP) is 0.637. The van der Waals surface area contributed by atoms with Gasteiger partial charge in [0.2, 0.25) is 0 Å². The Morgan fingerprint density at radius 1 is 1.29 bits per heavy atom. The van der Waals surface area contributed by atoms with Crippen molar-refractivity contribution < 1.29 is 0 Å². The van der Waals surface area contributed by atoms with Crippen LogP contribution in [0.3, 0.4) is 0 Å². The van der Waals surface area contributed by atoms with Gasteiger partial charge in [0.25, 0.3) is 0 Å². The number of nitrogens with zero attached hydrogens (tertiary/aromatic N) is 1. The maximum Gasteiger partial charge on any atom is 0.0719 e. The molecule has 2 aliphatic heterocycles. The lowest BCUT2D eigenvalue weighted by atomic mass is 10.1. The van der Waals surface area contributed by atoms with E-state index in [1.54, 1.807) is 0 Å². The van der Waals surface area contributed by atoms with E-state index in [2.05, 4.69) is 53.8 Å². The average Bonchev–Trinajstić information content (AvgIpc) is 2.65. The van der Waals surface area contributed by atoms with Crippen LogP contribution in [0, 0.1) is 0 Å². The van der Waals surface area contributed by atoms with Gasteiger partial charge in [-0.25, -0.2) is 0 Å². The quantitative estimate of drug-likeness (QED) is 0.636. The molecule has 0 bridgehead atoms. The Bertz CT molecular complexity index is 526. The van der Waals surface area contributed by atoms with Gasteiger partial charge in [0, 0.05) is 25.0 Å². The van der Waals surface area contributed by atoms with Gasteiger partial charge >= 0.3 is 0 Å². The highest BCUT2D eigenvalue weighted by atomic mass is 15.1. The third-order valence-corrected chi connectivity index (χ3v) is 2.78. The molecule has 2 heterocycles. The molecule has 2 aliphatic rings. The molecule has 0 saturated carbocycles. The van der Waals surface area contributed by atoms with Gasteiger partial charge in [0.05, 0.1) is 11.4 Å². The molecular formula is C12H12N2. The molecule has 3 rings (SSSR count). The first-order valence-corrected chi connectivity index (χ1v) is 4.85. The van der Waals surface area contributed by atoms with Crippen molar-refractivity contribution in [2.75, 3.05) is 23.8 Å². The van der Waals surface area contributed by atoms with Crippen LogP contribution in [-0.4, -0.2) is 13.6 Å². The van der Waals surface area contributed by atoms with E-state index in [0.717, 1.165) is 6.54 Å². The minimum Gasteiger partial charge on any atom is -0.379 e. The van der Waals surface area contributed by atoms with E-state index in [-0.39, 0.29) is 0 Å². The number of rotatable bonds is 0. The zero-order chi connectivity index (χ0) is 9.54. The lowest BCUT2D eigenvalue weighted by Crippen LogP contribution is -2.24. The van der Waals surface area contributed by atoms with Gasteiger partial charge in [-0.15, -0.1) is 0 Å². The van der Waals surface area contributed by atoms with Crippen molar-refractivity contribution in [3.05, 3.63) is 34.8 Å². The Morgan fingerprint density at radius 2 is 2.14 bits per heavy atom. The van der Waals surface area contributed by atoms with Gasteiger partial charge in [0.15, 0.2) is 0 Å². The molecule has 0 radical (unpaired) electrons. The Kier molecular flexibility index (Phi) is 1.45.